The Hall–Kier alpha value is -1.14. The minimum atomic E-state index is -0.440. The Morgan fingerprint density at radius 1 is 1.47 bits per heavy atom. The first-order valence-corrected chi connectivity index (χ1v) is 6.09. The van der Waals surface area contributed by atoms with Crippen molar-refractivity contribution < 1.29 is 9.66 Å². The van der Waals surface area contributed by atoms with E-state index in [1.807, 2.05) is 13.8 Å². The van der Waals surface area contributed by atoms with Crippen LogP contribution in [0.25, 0.3) is 0 Å². The molecule has 0 unspecified atom stereocenters. The molecule has 0 aromatic heterocycles. The van der Waals surface area contributed by atoms with Crippen molar-refractivity contribution in [2.24, 2.45) is 0 Å². The molecular formula is C11H15BrN2O3. The summed E-state index contributed by atoms with van der Waals surface area (Å²) in [7, 11) is 0. The summed E-state index contributed by atoms with van der Waals surface area (Å²) in [6.45, 7) is 5.28. The Morgan fingerprint density at radius 2 is 2.18 bits per heavy atom. The van der Waals surface area contributed by atoms with Crippen molar-refractivity contribution in [1.29, 1.82) is 0 Å². The molecule has 0 heterocycles. The van der Waals surface area contributed by atoms with E-state index in [4.69, 9.17) is 4.74 Å². The van der Waals surface area contributed by atoms with Crippen LogP contribution in [0.15, 0.2) is 22.7 Å². The summed E-state index contributed by atoms with van der Waals surface area (Å²) in [5.74, 6) is 0.497. The van der Waals surface area contributed by atoms with Gasteiger partial charge < -0.3 is 10.1 Å². The van der Waals surface area contributed by atoms with Crippen molar-refractivity contribution >= 4 is 21.6 Å². The molecule has 0 spiro atoms. The van der Waals surface area contributed by atoms with Crippen LogP contribution in [0, 0.1) is 10.1 Å². The van der Waals surface area contributed by atoms with E-state index in [2.05, 4.69) is 21.2 Å². The van der Waals surface area contributed by atoms with Crippen LogP contribution in [-0.2, 0) is 0 Å². The molecule has 0 fully saturated rings. The standard InChI is InChI=1S/C11H15BrN2O3/c1-8(2)13-3-4-17-11-6-9(12)5-10(7-11)14(15)16/h5-8,13H,3-4H2,1-2H3. The average Bonchev–Trinajstić information content (AvgIpc) is 2.23. The van der Waals surface area contributed by atoms with Crippen LogP contribution in [0.2, 0.25) is 0 Å². The highest BCUT2D eigenvalue weighted by Crippen LogP contribution is 2.25. The Labute approximate surface area is 108 Å². The van der Waals surface area contributed by atoms with E-state index < -0.39 is 4.92 Å². The van der Waals surface area contributed by atoms with Crippen molar-refractivity contribution in [3.05, 3.63) is 32.8 Å². The van der Waals surface area contributed by atoms with Gasteiger partial charge in [0, 0.05) is 23.1 Å². The highest BCUT2D eigenvalue weighted by Gasteiger charge is 2.09. The van der Waals surface area contributed by atoms with Crippen molar-refractivity contribution in [2.45, 2.75) is 19.9 Å². The first-order chi connectivity index (χ1) is 7.99. The predicted octanol–water partition coefficient (Wildman–Crippen LogP) is 2.73. The van der Waals surface area contributed by atoms with Gasteiger partial charge in [-0.15, -0.1) is 0 Å². The summed E-state index contributed by atoms with van der Waals surface area (Å²) in [5.41, 5.74) is 0.0196. The topological polar surface area (TPSA) is 64.4 Å². The zero-order chi connectivity index (χ0) is 12.8. The number of nitrogens with one attached hydrogen (secondary N) is 1. The maximum Gasteiger partial charge on any atom is 0.274 e. The molecular weight excluding hydrogens is 288 g/mol. The molecule has 1 aromatic rings. The van der Waals surface area contributed by atoms with Gasteiger partial charge in [-0.05, 0) is 6.07 Å². The number of rotatable bonds is 6. The summed E-state index contributed by atoms with van der Waals surface area (Å²) in [6.07, 6.45) is 0. The quantitative estimate of drug-likeness (QED) is 0.498. The third kappa shape index (κ3) is 5.14. The molecule has 17 heavy (non-hydrogen) atoms. The summed E-state index contributed by atoms with van der Waals surface area (Å²) < 4.78 is 6.07. The average molecular weight is 303 g/mol. The fraction of sp³-hybridized carbons (Fsp3) is 0.455. The number of benzene rings is 1. The van der Waals surface area contributed by atoms with E-state index in [0.29, 0.717) is 29.4 Å². The number of nitrogens with zero attached hydrogens (tertiary/aromatic N) is 1. The summed E-state index contributed by atoms with van der Waals surface area (Å²) in [5, 5.41) is 13.8. The lowest BCUT2D eigenvalue weighted by Gasteiger charge is -2.09. The smallest absolute Gasteiger partial charge is 0.274 e. The Kier molecular flexibility index (Phi) is 5.37. The number of hydrogen-bond donors (Lipinski definition) is 1. The molecule has 0 saturated carbocycles. The summed E-state index contributed by atoms with van der Waals surface area (Å²) >= 11 is 3.21. The van der Waals surface area contributed by atoms with E-state index in [9.17, 15) is 10.1 Å². The van der Waals surface area contributed by atoms with Crippen molar-refractivity contribution in [3.63, 3.8) is 0 Å². The third-order valence-electron chi connectivity index (χ3n) is 1.99. The third-order valence-corrected chi connectivity index (χ3v) is 2.45. The molecule has 6 heteroatoms. The molecule has 0 radical (unpaired) electrons. The first-order valence-electron chi connectivity index (χ1n) is 5.30. The van der Waals surface area contributed by atoms with Crippen LogP contribution in [0.3, 0.4) is 0 Å². The van der Waals surface area contributed by atoms with Gasteiger partial charge in [0.2, 0.25) is 0 Å². The van der Waals surface area contributed by atoms with Crippen LogP contribution in [0.1, 0.15) is 13.8 Å². The Morgan fingerprint density at radius 3 is 2.76 bits per heavy atom. The van der Waals surface area contributed by atoms with Gasteiger partial charge in [-0.25, -0.2) is 0 Å². The molecule has 94 valence electrons. The zero-order valence-corrected chi connectivity index (χ0v) is 11.4. The van der Waals surface area contributed by atoms with Gasteiger partial charge >= 0.3 is 0 Å². The van der Waals surface area contributed by atoms with Gasteiger partial charge in [0.1, 0.15) is 12.4 Å². The minimum Gasteiger partial charge on any atom is -0.492 e. The van der Waals surface area contributed by atoms with E-state index in [1.54, 1.807) is 6.07 Å². The number of non-ortho nitro benzene ring substituents is 1. The fourth-order valence-electron chi connectivity index (χ4n) is 1.25. The molecule has 0 aliphatic carbocycles. The number of hydrogen-bond acceptors (Lipinski definition) is 4. The maximum atomic E-state index is 10.6. The van der Waals surface area contributed by atoms with Crippen LogP contribution in [0.5, 0.6) is 5.75 Å². The van der Waals surface area contributed by atoms with Crippen molar-refractivity contribution in [3.8, 4) is 5.75 Å². The van der Waals surface area contributed by atoms with Gasteiger partial charge in [-0.1, -0.05) is 29.8 Å². The van der Waals surface area contributed by atoms with E-state index in [-0.39, 0.29) is 5.69 Å². The molecule has 0 bridgehead atoms. The van der Waals surface area contributed by atoms with Gasteiger partial charge in [0.05, 0.1) is 11.0 Å². The second-order valence-electron chi connectivity index (χ2n) is 3.86. The van der Waals surface area contributed by atoms with Crippen LogP contribution < -0.4 is 10.1 Å². The summed E-state index contributed by atoms with van der Waals surface area (Å²) in [6, 6.07) is 4.97. The molecule has 1 aromatic carbocycles. The maximum absolute atomic E-state index is 10.6. The van der Waals surface area contributed by atoms with Gasteiger partial charge in [0.15, 0.2) is 0 Å². The minimum absolute atomic E-state index is 0.0196. The predicted molar refractivity (Wildman–Crippen MR) is 69.4 cm³/mol. The lowest BCUT2D eigenvalue weighted by atomic mass is 10.3. The largest absolute Gasteiger partial charge is 0.492 e. The molecule has 5 nitrogen and oxygen atoms in total. The number of nitro groups is 1. The van der Waals surface area contributed by atoms with E-state index in [0.717, 1.165) is 0 Å². The highest BCUT2D eigenvalue weighted by molar-refractivity contribution is 9.10. The van der Waals surface area contributed by atoms with Gasteiger partial charge in [0.25, 0.3) is 5.69 Å². The zero-order valence-electron chi connectivity index (χ0n) is 9.77. The number of ether oxygens (including phenoxy) is 1. The molecule has 1 rings (SSSR count). The number of halogens is 1. The Bertz CT molecular complexity index is 396. The van der Waals surface area contributed by atoms with Crippen molar-refractivity contribution in [1.82, 2.24) is 5.32 Å². The van der Waals surface area contributed by atoms with Crippen LogP contribution >= 0.6 is 15.9 Å². The fourth-order valence-corrected chi connectivity index (χ4v) is 1.71. The Balaban J connectivity index is 2.56. The van der Waals surface area contributed by atoms with E-state index in [1.165, 1.54) is 12.1 Å². The lowest BCUT2D eigenvalue weighted by molar-refractivity contribution is -0.385. The monoisotopic (exact) mass is 302 g/mol. The number of nitro benzene ring substituents is 1. The molecule has 0 atom stereocenters. The molecule has 0 saturated heterocycles. The van der Waals surface area contributed by atoms with E-state index >= 15 is 0 Å². The highest BCUT2D eigenvalue weighted by atomic mass is 79.9. The van der Waals surface area contributed by atoms with Gasteiger partial charge in [-0.2, -0.15) is 0 Å². The first kappa shape index (κ1) is 13.9. The second-order valence-corrected chi connectivity index (χ2v) is 4.78. The normalized spacial score (nSPS) is 10.6. The molecule has 0 aliphatic rings. The SMILES string of the molecule is CC(C)NCCOc1cc(Br)cc([N+](=O)[O-])c1. The van der Waals surface area contributed by atoms with Crippen LogP contribution in [-0.4, -0.2) is 24.1 Å². The molecule has 0 aliphatic heterocycles. The lowest BCUT2D eigenvalue weighted by Crippen LogP contribution is -2.27. The summed E-state index contributed by atoms with van der Waals surface area (Å²) in [4.78, 5) is 10.2. The second kappa shape index (κ2) is 6.56. The molecule has 1 N–H and O–H groups in total. The van der Waals surface area contributed by atoms with Crippen LogP contribution in [0.4, 0.5) is 5.69 Å². The van der Waals surface area contributed by atoms with Gasteiger partial charge in [-0.3, -0.25) is 10.1 Å². The van der Waals surface area contributed by atoms with Crippen molar-refractivity contribution in [2.75, 3.05) is 13.2 Å². The molecule has 0 amide bonds.